The van der Waals surface area contributed by atoms with Crippen LogP contribution in [0.3, 0.4) is 0 Å². The first-order valence-electron chi connectivity index (χ1n) is 9.03. The van der Waals surface area contributed by atoms with Crippen LogP contribution in [0.5, 0.6) is 11.5 Å². The van der Waals surface area contributed by atoms with Crippen LogP contribution in [0.4, 0.5) is 5.69 Å². The smallest absolute Gasteiger partial charge is 0.346 e. The van der Waals surface area contributed by atoms with Gasteiger partial charge >= 0.3 is 5.97 Å². The molecule has 1 atom stereocenters. The summed E-state index contributed by atoms with van der Waals surface area (Å²) in [6.07, 6.45) is -0.931. The fourth-order valence-electron chi connectivity index (χ4n) is 2.66. The normalized spacial score (nSPS) is 11.6. The number of hydrogen-bond acceptors (Lipinski definition) is 9. The Kier molecular flexibility index (Phi) is 6.26. The number of nitro groups is 1. The van der Waals surface area contributed by atoms with Crippen LogP contribution < -0.4 is 9.47 Å². The van der Waals surface area contributed by atoms with Crippen LogP contribution in [0.1, 0.15) is 36.2 Å². The Labute approximate surface area is 171 Å². The lowest BCUT2D eigenvalue weighted by atomic mass is 10.1. The Morgan fingerprint density at radius 3 is 2.57 bits per heavy atom. The predicted molar refractivity (Wildman–Crippen MR) is 104 cm³/mol. The second-order valence-corrected chi connectivity index (χ2v) is 6.07. The number of carbonyl (C=O) groups excluding carboxylic acids is 1. The zero-order valence-corrected chi connectivity index (χ0v) is 16.5. The second-order valence-electron chi connectivity index (χ2n) is 6.07. The highest BCUT2D eigenvalue weighted by molar-refractivity contribution is 5.95. The molecule has 0 spiro atoms. The molecule has 0 saturated heterocycles. The molecule has 0 N–H and O–H groups in total. The molecule has 156 valence electrons. The molecule has 0 saturated carbocycles. The van der Waals surface area contributed by atoms with Crippen molar-refractivity contribution in [2.24, 2.45) is 0 Å². The van der Waals surface area contributed by atoms with Gasteiger partial charge < -0.3 is 18.6 Å². The van der Waals surface area contributed by atoms with Crippen molar-refractivity contribution in [2.45, 2.75) is 20.0 Å². The molecule has 30 heavy (non-hydrogen) atoms. The van der Waals surface area contributed by atoms with Gasteiger partial charge in [0.05, 0.1) is 24.7 Å². The van der Waals surface area contributed by atoms with Crippen molar-refractivity contribution in [3.63, 3.8) is 0 Å². The maximum atomic E-state index is 12.7. The molecule has 0 fully saturated rings. The average Bonchev–Trinajstić information content (AvgIpc) is 3.24. The average molecular weight is 413 g/mol. The summed E-state index contributed by atoms with van der Waals surface area (Å²) in [5.41, 5.74) is -0.0381. The molecule has 0 bridgehead atoms. The van der Waals surface area contributed by atoms with Gasteiger partial charge in [-0.2, -0.15) is 0 Å². The molecular weight excluding hydrogens is 394 g/mol. The third-order valence-electron chi connectivity index (χ3n) is 4.09. The van der Waals surface area contributed by atoms with Gasteiger partial charge in [-0.05, 0) is 26.0 Å². The maximum absolute atomic E-state index is 12.7. The van der Waals surface area contributed by atoms with E-state index in [1.807, 2.05) is 18.2 Å². The minimum absolute atomic E-state index is 0.0587. The number of methoxy groups -OCH3 is 1. The van der Waals surface area contributed by atoms with Gasteiger partial charge in [-0.1, -0.05) is 18.2 Å². The first kappa shape index (κ1) is 20.8. The zero-order valence-electron chi connectivity index (χ0n) is 16.5. The largest absolute Gasteiger partial charge is 0.493 e. The third-order valence-corrected chi connectivity index (χ3v) is 4.09. The molecule has 1 heterocycles. The highest BCUT2D eigenvalue weighted by Crippen LogP contribution is 2.36. The number of carbonyl (C=O) groups is 1. The second kappa shape index (κ2) is 9.03. The summed E-state index contributed by atoms with van der Waals surface area (Å²) >= 11 is 0. The molecule has 10 nitrogen and oxygen atoms in total. The van der Waals surface area contributed by atoms with E-state index in [0.717, 1.165) is 6.07 Å². The summed E-state index contributed by atoms with van der Waals surface area (Å²) in [6, 6.07) is 11.4. The van der Waals surface area contributed by atoms with Gasteiger partial charge in [-0.3, -0.25) is 10.1 Å². The van der Waals surface area contributed by atoms with Gasteiger partial charge in [0.2, 0.25) is 5.89 Å². The molecule has 2 aromatic carbocycles. The highest BCUT2D eigenvalue weighted by atomic mass is 16.6. The summed E-state index contributed by atoms with van der Waals surface area (Å²) in [4.78, 5) is 23.4. The van der Waals surface area contributed by atoms with E-state index in [0.29, 0.717) is 5.56 Å². The molecule has 10 heteroatoms. The van der Waals surface area contributed by atoms with Gasteiger partial charge in [0, 0.05) is 11.6 Å². The topological polar surface area (TPSA) is 127 Å². The van der Waals surface area contributed by atoms with Crippen molar-refractivity contribution >= 4 is 11.7 Å². The van der Waals surface area contributed by atoms with Crippen LogP contribution in [0.2, 0.25) is 0 Å². The fourth-order valence-corrected chi connectivity index (χ4v) is 2.66. The number of benzene rings is 2. The predicted octanol–water partition coefficient (Wildman–Crippen LogP) is 3.97. The Morgan fingerprint density at radius 2 is 1.93 bits per heavy atom. The number of esters is 1. The van der Waals surface area contributed by atoms with Crippen LogP contribution in [-0.4, -0.2) is 34.8 Å². The van der Waals surface area contributed by atoms with E-state index >= 15 is 0 Å². The number of aromatic nitrogens is 2. The van der Waals surface area contributed by atoms with Crippen LogP contribution in [0, 0.1) is 10.1 Å². The van der Waals surface area contributed by atoms with Gasteiger partial charge in [0.25, 0.3) is 11.6 Å². The van der Waals surface area contributed by atoms with Crippen molar-refractivity contribution in [3.05, 3.63) is 64.0 Å². The summed E-state index contributed by atoms with van der Waals surface area (Å²) in [5.74, 6) is -0.282. The number of nitro benzene ring substituents is 1. The van der Waals surface area contributed by atoms with Crippen molar-refractivity contribution < 1.29 is 28.3 Å². The Hall–Kier alpha value is -3.95. The number of hydrogen-bond donors (Lipinski definition) is 0. The van der Waals surface area contributed by atoms with E-state index in [1.54, 1.807) is 19.1 Å². The van der Waals surface area contributed by atoms with E-state index in [2.05, 4.69) is 10.2 Å². The lowest BCUT2D eigenvalue weighted by Gasteiger charge is -2.13. The monoisotopic (exact) mass is 413 g/mol. The first-order valence-corrected chi connectivity index (χ1v) is 9.03. The van der Waals surface area contributed by atoms with Gasteiger partial charge in [-0.15, -0.1) is 10.2 Å². The Morgan fingerprint density at radius 1 is 1.20 bits per heavy atom. The molecule has 0 aliphatic rings. The zero-order chi connectivity index (χ0) is 21.7. The lowest BCUT2D eigenvalue weighted by molar-refractivity contribution is -0.385. The van der Waals surface area contributed by atoms with Crippen LogP contribution in [0.15, 0.2) is 46.9 Å². The molecule has 0 unspecified atom stereocenters. The van der Waals surface area contributed by atoms with Crippen LogP contribution in [-0.2, 0) is 4.74 Å². The first-order chi connectivity index (χ1) is 14.4. The van der Waals surface area contributed by atoms with Crippen molar-refractivity contribution in [2.75, 3.05) is 13.7 Å². The van der Waals surface area contributed by atoms with E-state index in [-0.39, 0.29) is 35.5 Å². The van der Waals surface area contributed by atoms with Crippen LogP contribution >= 0.6 is 0 Å². The van der Waals surface area contributed by atoms with Gasteiger partial charge in [-0.25, -0.2) is 4.79 Å². The quantitative estimate of drug-likeness (QED) is 0.306. The molecule has 0 amide bonds. The Balaban J connectivity index is 1.85. The van der Waals surface area contributed by atoms with E-state index in [1.165, 1.54) is 20.1 Å². The standard InChI is InChI=1S/C20H19N3O7/c1-4-28-17-10-14(15(23(25)26)11-16(17)27-3)20(24)29-12(2)18-21-22-19(30-18)13-8-6-5-7-9-13/h5-12H,4H2,1-3H3/t12-/m1/s1. The molecule has 3 rings (SSSR count). The Bertz CT molecular complexity index is 1050. The van der Waals surface area contributed by atoms with E-state index in [4.69, 9.17) is 18.6 Å². The molecule has 3 aromatic rings. The van der Waals surface area contributed by atoms with E-state index < -0.39 is 22.7 Å². The summed E-state index contributed by atoms with van der Waals surface area (Å²) in [6.45, 7) is 3.54. The summed E-state index contributed by atoms with van der Waals surface area (Å²) in [7, 11) is 1.35. The lowest BCUT2D eigenvalue weighted by Crippen LogP contribution is -2.12. The molecule has 0 radical (unpaired) electrons. The SMILES string of the molecule is CCOc1cc(C(=O)O[C@H](C)c2nnc(-c3ccccc3)o2)c([N+](=O)[O-])cc1OC. The summed E-state index contributed by atoms with van der Waals surface area (Å²) in [5, 5.41) is 19.3. The maximum Gasteiger partial charge on any atom is 0.346 e. The van der Waals surface area contributed by atoms with Crippen molar-refractivity contribution in [3.8, 4) is 23.0 Å². The molecule has 0 aliphatic carbocycles. The highest BCUT2D eigenvalue weighted by Gasteiger charge is 2.28. The molecule has 1 aromatic heterocycles. The van der Waals surface area contributed by atoms with Gasteiger partial charge in [0.15, 0.2) is 17.6 Å². The van der Waals surface area contributed by atoms with Crippen molar-refractivity contribution in [1.82, 2.24) is 10.2 Å². The third kappa shape index (κ3) is 4.37. The minimum Gasteiger partial charge on any atom is -0.493 e. The van der Waals surface area contributed by atoms with Crippen molar-refractivity contribution in [1.29, 1.82) is 0 Å². The van der Waals surface area contributed by atoms with Crippen LogP contribution in [0.25, 0.3) is 11.5 Å². The number of ether oxygens (including phenoxy) is 3. The minimum atomic E-state index is -0.933. The van der Waals surface area contributed by atoms with E-state index in [9.17, 15) is 14.9 Å². The number of nitrogens with zero attached hydrogens (tertiary/aromatic N) is 3. The van der Waals surface area contributed by atoms with Gasteiger partial charge in [0.1, 0.15) is 5.56 Å². The molecular formula is C20H19N3O7. The fraction of sp³-hybridized carbons (Fsp3) is 0.250. The summed E-state index contributed by atoms with van der Waals surface area (Å²) < 4.78 is 21.4. The molecule has 0 aliphatic heterocycles. The number of rotatable bonds is 8.